The Bertz CT molecular complexity index is 968. The summed E-state index contributed by atoms with van der Waals surface area (Å²) in [6.45, 7) is 1.69. The van der Waals surface area contributed by atoms with Crippen molar-refractivity contribution < 1.29 is 32.5 Å². The van der Waals surface area contributed by atoms with E-state index in [2.05, 4.69) is 49.8 Å². The largest absolute Gasteiger partial charge is 0.490 e. The van der Waals surface area contributed by atoms with Crippen molar-refractivity contribution in [2.24, 2.45) is 0 Å². The first-order valence-corrected chi connectivity index (χ1v) is 12.7. The van der Waals surface area contributed by atoms with E-state index >= 15 is 0 Å². The predicted octanol–water partition coefficient (Wildman–Crippen LogP) is 4.55. The fraction of sp³-hybridized carbons (Fsp3) is 0.680. The number of hydrogen-bond donors (Lipinski definition) is 2. The number of methoxy groups -OCH3 is 2. The lowest BCUT2D eigenvalue weighted by molar-refractivity contribution is -0.192. The Kier molecular flexibility index (Phi) is 10.4. The molecule has 37 heavy (non-hydrogen) atoms. The third-order valence-corrected chi connectivity index (χ3v) is 7.14. The van der Waals surface area contributed by atoms with Crippen molar-refractivity contribution in [1.82, 2.24) is 25.5 Å². The highest BCUT2D eigenvalue weighted by atomic mass is 19.4. The predicted molar refractivity (Wildman–Crippen MR) is 129 cm³/mol. The molecule has 0 spiro atoms. The molecule has 1 aromatic heterocycles. The van der Waals surface area contributed by atoms with Gasteiger partial charge in [-0.25, -0.2) is 9.48 Å². The maximum Gasteiger partial charge on any atom is 0.490 e. The van der Waals surface area contributed by atoms with Gasteiger partial charge in [0, 0.05) is 20.8 Å². The molecule has 0 amide bonds. The molecule has 2 aromatic rings. The van der Waals surface area contributed by atoms with E-state index in [0.29, 0.717) is 6.04 Å². The van der Waals surface area contributed by atoms with E-state index in [1.807, 2.05) is 7.11 Å². The molecular formula is C25H36F3N5O4. The molecule has 12 heteroatoms. The van der Waals surface area contributed by atoms with Crippen molar-refractivity contribution in [3.05, 3.63) is 41.2 Å². The van der Waals surface area contributed by atoms with Gasteiger partial charge < -0.3 is 19.9 Å². The summed E-state index contributed by atoms with van der Waals surface area (Å²) < 4.78 is 44.8. The number of aromatic nitrogens is 4. The number of hydrogen-bond acceptors (Lipinski definition) is 7. The van der Waals surface area contributed by atoms with Crippen LogP contribution in [0.3, 0.4) is 0 Å². The number of carbonyl (C=O) groups is 1. The second-order valence-corrected chi connectivity index (χ2v) is 9.48. The topological polar surface area (TPSA) is 111 Å². The minimum Gasteiger partial charge on any atom is -0.475 e. The monoisotopic (exact) mass is 527 g/mol. The number of alkyl halides is 3. The molecule has 2 saturated carbocycles. The van der Waals surface area contributed by atoms with Crippen molar-refractivity contribution in [2.45, 2.75) is 81.6 Å². The van der Waals surface area contributed by atoms with Gasteiger partial charge in [-0.05, 0) is 73.0 Å². The number of ether oxygens (including phenoxy) is 2. The van der Waals surface area contributed by atoms with Gasteiger partial charge in [0.1, 0.15) is 0 Å². The van der Waals surface area contributed by atoms with Crippen molar-refractivity contribution in [3.63, 3.8) is 0 Å². The Balaban J connectivity index is 0.000000479. The Labute approximate surface area is 214 Å². The minimum atomic E-state index is -5.08. The number of unbranched alkanes of at least 4 members (excludes halogenated alkanes) is 1. The summed E-state index contributed by atoms with van der Waals surface area (Å²) in [5.41, 5.74) is 2.38. The maximum atomic E-state index is 10.6. The molecule has 4 rings (SSSR count). The van der Waals surface area contributed by atoms with E-state index in [0.717, 1.165) is 57.5 Å². The highest BCUT2D eigenvalue weighted by molar-refractivity contribution is 5.73. The van der Waals surface area contributed by atoms with E-state index in [9.17, 15) is 13.2 Å². The minimum absolute atomic E-state index is 0.0166. The smallest absolute Gasteiger partial charge is 0.475 e. The van der Waals surface area contributed by atoms with Crippen LogP contribution in [0.4, 0.5) is 13.2 Å². The zero-order valence-electron chi connectivity index (χ0n) is 21.3. The Hall–Kier alpha value is -2.57. The first-order valence-electron chi connectivity index (χ1n) is 12.7. The van der Waals surface area contributed by atoms with Crippen LogP contribution < -0.4 is 5.32 Å². The highest BCUT2D eigenvalue weighted by Gasteiger charge is 2.39. The van der Waals surface area contributed by atoms with Gasteiger partial charge in [-0.15, -0.1) is 5.10 Å². The van der Waals surface area contributed by atoms with Crippen LogP contribution in [-0.2, 0) is 19.9 Å². The number of nitrogens with zero attached hydrogens (tertiary/aromatic N) is 4. The van der Waals surface area contributed by atoms with Crippen LogP contribution in [0.15, 0.2) is 24.3 Å². The molecule has 1 unspecified atom stereocenters. The fourth-order valence-electron chi connectivity index (χ4n) is 4.86. The first-order chi connectivity index (χ1) is 17.7. The molecule has 0 bridgehead atoms. The van der Waals surface area contributed by atoms with Crippen LogP contribution in [0.1, 0.15) is 86.8 Å². The summed E-state index contributed by atoms with van der Waals surface area (Å²) in [6, 6.07) is 9.28. The molecule has 2 fully saturated rings. The Morgan fingerprint density at radius 1 is 1.16 bits per heavy atom. The summed E-state index contributed by atoms with van der Waals surface area (Å²) in [5.74, 6) is -1.83. The number of benzene rings is 1. The molecule has 2 aliphatic rings. The molecule has 1 aromatic carbocycles. The van der Waals surface area contributed by atoms with Crippen LogP contribution in [0.5, 0.6) is 0 Å². The Morgan fingerprint density at radius 3 is 2.32 bits per heavy atom. The molecule has 0 saturated heterocycles. The molecule has 206 valence electrons. The molecule has 1 atom stereocenters. The lowest BCUT2D eigenvalue weighted by Gasteiger charge is -2.41. The number of aliphatic carboxylic acids is 1. The summed E-state index contributed by atoms with van der Waals surface area (Å²) in [7, 11) is 3.58. The van der Waals surface area contributed by atoms with Gasteiger partial charge in [-0.1, -0.05) is 37.1 Å². The fourth-order valence-corrected chi connectivity index (χ4v) is 4.86. The van der Waals surface area contributed by atoms with Crippen molar-refractivity contribution >= 4 is 5.97 Å². The lowest BCUT2D eigenvalue weighted by Crippen LogP contribution is -2.36. The molecule has 0 radical (unpaired) electrons. The van der Waals surface area contributed by atoms with Gasteiger partial charge in [-0.2, -0.15) is 13.2 Å². The molecular weight excluding hydrogens is 491 g/mol. The summed E-state index contributed by atoms with van der Waals surface area (Å²) in [6.07, 6.45) is 5.28. The number of rotatable bonds is 11. The number of carboxylic acid groups (broad SMARTS) is 1. The third kappa shape index (κ3) is 7.48. The Morgan fingerprint density at radius 2 is 1.81 bits per heavy atom. The van der Waals surface area contributed by atoms with Crippen molar-refractivity contribution in [1.29, 1.82) is 0 Å². The van der Waals surface area contributed by atoms with E-state index in [-0.39, 0.29) is 11.6 Å². The van der Waals surface area contributed by atoms with Gasteiger partial charge in [0.05, 0.1) is 17.7 Å². The third-order valence-electron chi connectivity index (χ3n) is 7.14. The molecule has 0 aliphatic heterocycles. The van der Waals surface area contributed by atoms with E-state index in [4.69, 9.17) is 19.4 Å². The van der Waals surface area contributed by atoms with Gasteiger partial charge in [0.25, 0.3) is 0 Å². The van der Waals surface area contributed by atoms with Crippen LogP contribution in [0, 0.1) is 0 Å². The maximum absolute atomic E-state index is 10.6. The van der Waals surface area contributed by atoms with E-state index in [1.165, 1.54) is 30.4 Å². The number of nitrogens with one attached hydrogen (secondary N) is 1. The van der Waals surface area contributed by atoms with Crippen LogP contribution in [-0.4, -0.2) is 64.8 Å². The molecule has 2 aliphatic carbocycles. The zero-order valence-corrected chi connectivity index (χ0v) is 21.3. The highest BCUT2D eigenvalue weighted by Crippen LogP contribution is 2.44. The average molecular weight is 528 g/mol. The molecule has 2 N–H and O–H groups in total. The van der Waals surface area contributed by atoms with E-state index in [1.54, 1.807) is 7.11 Å². The first kappa shape index (κ1) is 29.0. The number of carboxylic acids is 1. The van der Waals surface area contributed by atoms with Gasteiger partial charge in [-0.3, -0.25) is 0 Å². The number of tetrazole rings is 1. The summed E-state index contributed by atoms with van der Waals surface area (Å²) >= 11 is 0. The van der Waals surface area contributed by atoms with Crippen LogP contribution >= 0.6 is 0 Å². The van der Waals surface area contributed by atoms with E-state index < -0.39 is 12.1 Å². The quantitative estimate of drug-likeness (QED) is 0.410. The van der Waals surface area contributed by atoms with Gasteiger partial charge in [0.2, 0.25) is 0 Å². The van der Waals surface area contributed by atoms with Gasteiger partial charge in [0.15, 0.2) is 5.82 Å². The average Bonchev–Trinajstić information content (AvgIpc) is 3.54. The van der Waals surface area contributed by atoms with Crippen molar-refractivity contribution in [2.75, 3.05) is 27.4 Å². The summed E-state index contributed by atoms with van der Waals surface area (Å²) in [5, 5.41) is 23.7. The second-order valence-electron chi connectivity index (χ2n) is 9.48. The summed E-state index contributed by atoms with van der Waals surface area (Å²) in [4.78, 5) is 8.90. The second kappa shape index (κ2) is 13.3. The molecule has 1 heterocycles. The number of halogens is 3. The molecule has 9 nitrogen and oxygen atoms in total. The standard InChI is InChI=1S/C23H35N5O2.C2HF3O2/c1-29-17-6-5-16-24-21(22-25-26-27-28(22)20-8-3-4-9-20)18-10-12-19(13-11-18)23(30-2)14-7-15-23;3-2(4,5)1(6)7/h10-13,20-21,24H,3-9,14-17H2,1-2H3;(H,6,7). The normalized spacial score (nSPS) is 18.1. The SMILES string of the molecule is COCCCCNC(c1ccc(C2(OC)CCC2)cc1)c1nnnn1C1CCCC1.O=C(O)C(F)(F)F. The zero-order chi connectivity index (χ0) is 26.9. The van der Waals surface area contributed by atoms with Gasteiger partial charge >= 0.3 is 12.1 Å². The van der Waals surface area contributed by atoms with Crippen molar-refractivity contribution in [3.8, 4) is 0 Å². The lowest BCUT2D eigenvalue weighted by atomic mass is 9.74. The van der Waals surface area contributed by atoms with Crippen LogP contribution in [0.25, 0.3) is 0 Å². The van der Waals surface area contributed by atoms with Crippen LogP contribution in [0.2, 0.25) is 0 Å².